The van der Waals surface area contributed by atoms with Crippen LogP contribution in [-0.4, -0.2) is 32.3 Å². The summed E-state index contributed by atoms with van der Waals surface area (Å²) in [6.45, 7) is 0.0428. The molecule has 4 aromatic rings. The Kier molecular flexibility index (Phi) is 7.80. The van der Waals surface area contributed by atoms with Gasteiger partial charge >= 0.3 is 0 Å². The highest BCUT2D eigenvalue weighted by molar-refractivity contribution is 7.92. The van der Waals surface area contributed by atoms with Crippen molar-refractivity contribution in [2.75, 3.05) is 11.4 Å². The van der Waals surface area contributed by atoms with Crippen LogP contribution in [0.25, 0.3) is 0 Å². The predicted molar refractivity (Wildman–Crippen MR) is 138 cm³/mol. The molecule has 0 aliphatic heterocycles. The summed E-state index contributed by atoms with van der Waals surface area (Å²) in [5.74, 6) is -0.856. The maximum Gasteiger partial charge on any atom is 0.271 e. The highest BCUT2D eigenvalue weighted by atomic mass is 32.2. The minimum atomic E-state index is -4.14. The van der Waals surface area contributed by atoms with Crippen LogP contribution < -0.4 is 19.9 Å². The number of rotatable bonds is 8. The number of hydrazine groups is 1. The molecule has 188 valence electrons. The van der Waals surface area contributed by atoms with Crippen LogP contribution in [0.5, 0.6) is 5.75 Å². The van der Waals surface area contributed by atoms with Gasteiger partial charge in [0.15, 0.2) is 0 Å². The average Bonchev–Trinajstić information content (AvgIpc) is 2.95. The van der Waals surface area contributed by atoms with E-state index in [1.807, 2.05) is 30.3 Å². The Balaban J connectivity index is 1.63. The summed E-state index contributed by atoms with van der Waals surface area (Å²) in [5, 5.41) is 0. The fraction of sp³-hybridized carbons (Fsp3) is 0.0741. The Morgan fingerprint density at radius 1 is 0.838 bits per heavy atom. The fourth-order valence-corrected chi connectivity index (χ4v) is 5.07. The van der Waals surface area contributed by atoms with Crippen LogP contribution in [0.2, 0.25) is 0 Å². The van der Waals surface area contributed by atoms with Crippen molar-refractivity contribution in [3.8, 4) is 5.75 Å². The van der Waals surface area contributed by atoms with E-state index in [0.29, 0.717) is 11.4 Å². The van der Waals surface area contributed by atoms with Gasteiger partial charge in [0.2, 0.25) is 0 Å². The molecule has 0 radical (unpaired) electrons. The lowest BCUT2D eigenvalue weighted by molar-refractivity contribution is 0.0846. The van der Waals surface area contributed by atoms with Crippen LogP contribution in [-0.2, 0) is 16.6 Å². The molecule has 0 fully saturated rings. The van der Waals surface area contributed by atoms with Crippen molar-refractivity contribution >= 4 is 27.5 Å². The second kappa shape index (κ2) is 11.4. The number of hydrogen-bond donors (Lipinski definition) is 2. The molecule has 9 nitrogen and oxygen atoms in total. The first-order valence-electron chi connectivity index (χ1n) is 11.2. The van der Waals surface area contributed by atoms with Crippen molar-refractivity contribution in [2.24, 2.45) is 0 Å². The topological polar surface area (TPSA) is 118 Å². The number of anilines is 1. The molecule has 37 heavy (non-hydrogen) atoms. The number of nitrogens with one attached hydrogen (secondary N) is 2. The first kappa shape index (κ1) is 25.4. The number of ether oxygens (including phenoxy) is 1. The predicted octanol–water partition coefficient (Wildman–Crippen LogP) is 3.56. The van der Waals surface area contributed by atoms with E-state index in [0.717, 1.165) is 5.56 Å². The van der Waals surface area contributed by atoms with Crippen LogP contribution >= 0.6 is 0 Å². The van der Waals surface area contributed by atoms with Crippen molar-refractivity contribution in [2.45, 2.75) is 11.4 Å². The summed E-state index contributed by atoms with van der Waals surface area (Å²) >= 11 is 0. The van der Waals surface area contributed by atoms with Crippen LogP contribution in [0.4, 0.5) is 5.69 Å². The van der Waals surface area contributed by atoms with E-state index in [2.05, 4.69) is 15.8 Å². The molecule has 0 bridgehead atoms. The first-order chi connectivity index (χ1) is 17.9. The zero-order valence-electron chi connectivity index (χ0n) is 19.9. The number of amides is 2. The summed E-state index contributed by atoms with van der Waals surface area (Å²) in [5.41, 5.74) is 6.02. The van der Waals surface area contributed by atoms with Gasteiger partial charge in [-0.05, 0) is 48.0 Å². The maximum atomic E-state index is 13.9. The van der Waals surface area contributed by atoms with E-state index >= 15 is 0 Å². The van der Waals surface area contributed by atoms with Gasteiger partial charge in [-0.15, -0.1) is 0 Å². The lowest BCUT2D eigenvalue weighted by Crippen LogP contribution is -2.41. The normalized spacial score (nSPS) is 10.8. The summed E-state index contributed by atoms with van der Waals surface area (Å²) in [6.07, 6.45) is 2.88. The Morgan fingerprint density at radius 2 is 1.51 bits per heavy atom. The number of carbonyl (C=O) groups is 2. The van der Waals surface area contributed by atoms with Crippen LogP contribution in [0.3, 0.4) is 0 Å². The minimum Gasteiger partial charge on any atom is -0.495 e. The molecule has 0 unspecified atom stereocenters. The van der Waals surface area contributed by atoms with Gasteiger partial charge in [0.1, 0.15) is 5.75 Å². The SMILES string of the molecule is COc1ccccc1N(Cc1ccccc1)S(=O)(=O)c1cccc(C(=O)NNC(=O)c2cccnc2)c1. The summed E-state index contributed by atoms with van der Waals surface area (Å²) in [6, 6.07) is 24.7. The lowest BCUT2D eigenvalue weighted by Gasteiger charge is -2.26. The van der Waals surface area contributed by atoms with Crippen LogP contribution in [0, 0.1) is 0 Å². The molecule has 0 saturated heterocycles. The maximum absolute atomic E-state index is 13.9. The molecular weight excluding hydrogens is 492 g/mol. The third-order valence-electron chi connectivity index (χ3n) is 5.42. The number of benzene rings is 3. The van der Waals surface area contributed by atoms with Crippen molar-refractivity contribution in [3.63, 3.8) is 0 Å². The molecule has 2 N–H and O–H groups in total. The van der Waals surface area contributed by atoms with Crippen molar-refractivity contribution in [3.05, 3.63) is 120 Å². The van der Waals surface area contributed by atoms with Gasteiger partial charge in [0.05, 0.1) is 29.8 Å². The summed E-state index contributed by atoms with van der Waals surface area (Å²) < 4.78 is 34.5. The van der Waals surface area contributed by atoms with E-state index in [1.54, 1.807) is 36.4 Å². The average molecular weight is 517 g/mol. The van der Waals surface area contributed by atoms with Gasteiger partial charge < -0.3 is 4.74 Å². The Morgan fingerprint density at radius 3 is 2.22 bits per heavy atom. The fourth-order valence-electron chi connectivity index (χ4n) is 3.56. The monoisotopic (exact) mass is 516 g/mol. The van der Waals surface area contributed by atoms with Gasteiger partial charge in [-0.1, -0.05) is 48.5 Å². The molecule has 0 aliphatic rings. The first-order valence-corrected chi connectivity index (χ1v) is 12.6. The Bertz CT molecular complexity index is 1500. The highest BCUT2D eigenvalue weighted by Gasteiger charge is 2.28. The summed E-state index contributed by atoms with van der Waals surface area (Å²) in [4.78, 5) is 28.7. The van der Waals surface area contributed by atoms with Crippen LogP contribution in [0.1, 0.15) is 26.3 Å². The standard InChI is InChI=1S/C27H24N4O5S/c1-36-25-15-6-5-14-24(25)31(19-20-9-3-2-4-10-20)37(34,35)23-13-7-11-21(17-23)26(32)29-30-27(33)22-12-8-16-28-18-22/h2-18H,19H2,1H3,(H,29,32)(H,30,33). The summed E-state index contributed by atoms with van der Waals surface area (Å²) in [7, 11) is -2.67. The van der Waals surface area contributed by atoms with Gasteiger partial charge in [0, 0.05) is 18.0 Å². The number of para-hydroxylation sites is 2. The lowest BCUT2D eigenvalue weighted by atomic mass is 10.2. The third kappa shape index (κ3) is 5.93. The van der Waals surface area contributed by atoms with Crippen molar-refractivity contribution in [1.82, 2.24) is 15.8 Å². The number of sulfonamides is 1. The van der Waals surface area contributed by atoms with E-state index in [9.17, 15) is 18.0 Å². The number of methoxy groups -OCH3 is 1. The molecule has 0 spiro atoms. The molecule has 10 heteroatoms. The molecule has 0 aliphatic carbocycles. The van der Waals surface area contributed by atoms with Gasteiger partial charge in [-0.2, -0.15) is 0 Å². The Hall–Kier alpha value is -4.70. The molecule has 3 aromatic carbocycles. The zero-order valence-corrected chi connectivity index (χ0v) is 20.7. The molecule has 0 atom stereocenters. The zero-order chi connectivity index (χ0) is 26.3. The molecule has 4 rings (SSSR count). The van der Waals surface area contributed by atoms with E-state index in [1.165, 1.54) is 48.1 Å². The van der Waals surface area contributed by atoms with E-state index in [4.69, 9.17) is 4.74 Å². The number of nitrogens with zero attached hydrogens (tertiary/aromatic N) is 2. The van der Waals surface area contributed by atoms with Gasteiger partial charge in [-0.25, -0.2) is 8.42 Å². The second-order valence-corrected chi connectivity index (χ2v) is 9.71. The number of pyridine rings is 1. The van der Waals surface area contributed by atoms with Gasteiger partial charge in [-0.3, -0.25) is 29.7 Å². The van der Waals surface area contributed by atoms with Crippen molar-refractivity contribution in [1.29, 1.82) is 0 Å². The molecule has 1 aromatic heterocycles. The smallest absolute Gasteiger partial charge is 0.271 e. The number of aromatic nitrogens is 1. The van der Waals surface area contributed by atoms with Crippen LogP contribution in [0.15, 0.2) is 108 Å². The highest BCUT2D eigenvalue weighted by Crippen LogP contribution is 2.33. The molecule has 2 amide bonds. The minimum absolute atomic E-state index is 0.0428. The largest absolute Gasteiger partial charge is 0.495 e. The van der Waals surface area contributed by atoms with E-state index < -0.39 is 21.8 Å². The van der Waals surface area contributed by atoms with Gasteiger partial charge in [0.25, 0.3) is 21.8 Å². The van der Waals surface area contributed by atoms with Crippen molar-refractivity contribution < 1.29 is 22.7 Å². The molecule has 0 saturated carbocycles. The third-order valence-corrected chi connectivity index (χ3v) is 7.18. The Labute approximate surface area is 214 Å². The van der Waals surface area contributed by atoms with E-state index in [-0.39, 0.29) is 22.6 Å². The molecule has 1 heterocycles. The second-order valence-electron chi connectivity index (χ2n) is 7.85. The molecular formula is C27H24N4O5S. The quantitative estimate of drug-likeness (QED) is 0.346. The number of carbonyl (C=O) groups excluding carboxylic acids is 2. The number of hydrogen-bond acceptors (Lipinski definition) is 6.